The maximum Gasteiger partial charge on any atom is 0.401 e. The molecular formula is C69H4FN45O2. The van der Waals surface area contributed by atoms with Crippen molar-refractivity contribution in [1.82, 2.24) is 120 Å². The number of nitrogens with zero attached hydrogens (tertiary/aromatic N) is 45. The van der Waals surface area contributed by atoms with Crippen LogP contribution in [0.15, 0.2) is 6.20 Å². The smallest absolute Gasteiger partial charge is 0.370 e. The van der Waals surface area contributed by atoms with Gasteiger partial charge in [0.1, 0.15) is 156 Å². The van der Waals surface area contributed by atoms with Crippen molar-refractivity contribution >= 4 is 185 Å². The molecule has 0 saturated heterocycles. The summed E-state index contributed by atoms with van der Waals surface area (Å²) in [7, 11) is 0. The Labute approximate surface area is 641 Å². The molecule has 0 radical (unpaired) electrons. The van der Waals surface area contributed by atoms with E-state index in [2.05, 4.69) is 158 Å². The van der Waals surface area contributed by atoms with Crippen LogP contribution < -0.4 is 0 Å². The first-order valence-corrected chi connectivity index (χ1v) is 30.3. The third kappa shape index (κ3) is 11.9. The van der Waals surface area contributed by atoms with Crippen molar-refractivity contribution in [3.05, 3.63) is 188 Å². The predicted molar refractivity (Wildman–Crippen MR) is 381 cm³/mol. The lowest BCUT2D eigenvalue weighted by molar-refractivity contribution is -0.389. The molecule has 0 fully saturated rings. The molecule has 12 aromatic heterocycles. The monoisotopic (exact) mass is 1510 g/mol. The summed E-state index contributed by atoms with van der Waals surface area (Å²) in [4.78, 5) is 134. The van der Waals surface area contributed by atoms with Gasteiger partial charge in [-0.1, -0.05) is 52.6 Å². The summed E-state index contributed by atoms with van der Waals surface area (Å²) in [5.74, 6) is -4.41. The Morgan fingerprint density at radius 1 is 0.265 bits per heavy atom. The highest BCUT2D eigenvalue weighted by Gasteiger charge is 2.34. The Kier molecular flexibility index (Phi) is 18.3. The molecule has 117 heavy (non-hydrogen) atoms. The van der Waals surface area contributed by atoms with E-state index in [9.17, 15) is 67.1 Å². The SMILES string of the molecule is [C-]#[N+]c1nc2c3nc(C#N)c(C#N)nc3c3nc(C#N)c([N+](=O)[O-])nc3c2nc1[N+]#[C-].[C-]#[N+]c1nc2c3nc(C)c(C#N)nc3c3nc(C#N)c(C#N)nc3c2nc1[N+]#[C-].[C-]#[N+]c1nc2c3nc(F)c(C#N)nc3c3nc(C#N)c(C#N)nc3c2nc1[N+]#[C-].[C-]#[N+]c1nc2c3ncc(C#N)nc3c3nc(C#N)c(C#N)nc3c2nc1[N+]#[C-]. The van der Waals surface area contributed by atoms with Crippen LogP contribution in [-0.2, 0) is 0 Å². The van der Waals surface area contributed by atoms with E-state index in [0.29, 0.717) is 5.69 Å². The summed E-state index contributed by atoms with van der Waals surface area (Å²) in [5.41, 5.74) is -3.27. The second kappa shape index (κ2) is 29.2. The number of aryl methyl sites for hydroxylation is 1. The minimum atomic E-state index is -1.18. The van der Waals surface area contributed by atoms with Crippen molar-refractivity contribution in [2.75, 3.05) is 0 Å². The molecule has 0 bridgehead atoms. The van der Waals surface area contributed by atoms with Crippen LogP contribution in [0.5, 0.6) is 0 Å². The van der Waals surface area contributed by atoms with Crippen LogP contribution in [0.1, 0.15) is 74.0 Å². The lowest BCUT2D eigenvalue weighted by Gasteiger charge is -2.06. The fraction of sp³-hybridized carbons (Fsp3) is 0.0145. The Morgan fingerprint density at radius 3 is 0.701 bits per heavy atom. The van der Waals surface area contributed by atoms with Crippen LogP contribution in [0.2, 0.25) is 0 Å². The third-order valence-electron chi connectivity index (χ3n) is 15.6. The molecule has 16 aromatic rings. The van der Waals surface area contributed by atoms with Gasteiger partial charge in [-0.15, -0.1) is 39.9 Å². The van der Waals surface area contributed by atoms with E-state index < -0.39 is 28.1 Å². The van der Waals surface area contributed by atoms with Crippen molar-refractivity contribution < 1.29 is 9.31 Å². The van der Waals surface area contributed by atoms with Gasteiger partial charge in [0.15, 0.2) is 62.6 Å². The summed E-state index contributed by atoms with van der Waals surface area (Å²) < 4.78 is 14.2. The first-order chi connectivity index (χ1) is 56.7. The molecule has 0 aliphatic carbocycles. The fourth-order valence-corrected chi connectivity index (χ4v) is 10.8. The molecule has 524 valence electrons. The maximum absolute atomic E-state index is 14.2. The van der Waals surface area contributed by atoms with E-state index in [4.69, 9.17) is 63.1 Å². The summed E-state index contributed by atoms with van der Waals surface area (Å²) in [5, 5.41) is 122. The standard InChI is InChI=1S/C18H3N11.C17FN11.C17N12O2.C17HN11/c1-7-8(4-19)25-12-11(24-7)15-16(29-18(23-3)17(22-2)28-15)14-13(12)26-9(5-20)10(6-21)27-14;1-22-16-17(23-2)29-14-12-10(26-8(5-21)15(18)27-12)9-11(13(14)28-16)25-7(4-20)6(3-19)24-9;1-21-15-16(22-2)27-13-12(26-15)10-9(23-6(3-18)7(4-19)24-10)11-14(13)28-17(29(30)31)8(5-20)25-11;1-21-16-17(22-2)28-15-12(27-16)10-11(24-7(3-18)6-23-10)13-14(15)26-9(5-20)8(4-19)25-13/h1H3;;;6H. The molecule has 0 unspecified atom stereocenters. The zero-order valence-corrected chi connectivity index (χ0v) is 56.4. The number of halogens is 1. The quantitative estimate of drug-likeness (QED) is 0.0639. The van der Waals surface area contributed by atoms with Gasteiger partial charge in [0, 0.05) is 0 Å². The van der Waals surface area contributed by atoms with E-state index in [1.165, 1.54) is 6.20 Å². The van der Waals surface area contributed by atoms with Crippen LogP contribution in [0, 0.1) is 212 Å². The van der Waals surface area contributed by atoms with Crippen LogP contribution in [0.25, 0.3) is 171 Å². The topological polar surface area (TPSA) is 673 Å². The number of nitro groups is 1. The summed E-state index contributed by atoms with van der Waals surface area (Å²) in [6, 6.07) is 21.0. The molecule has 0 aliphatic rings. The number of rotatable bonds is 1. The van der Waals surface area contributed by atoms with Gasteiger partial charge in [-0.2, -0.15) is 67.5 Å². The molecule has 48 heteroatoms. The molecule has 47 nitrogen and oxygen atoms in total. The Hall–Kier alpha value is -21.9. The van der Waals surface area contributed by atoms with Crippen molar-refractivity contribution in [2.24, 2.45) is 0 Å². The van der Waals surface area contributed by atoms with Gasteiger partial charge in [0.05, 0.1) is 11.9 Å². The second-order valence-corrected chi connectivity index (χ2v) is 21.7. The van der Waals surface area contributed by atoms with Gasteiger partial charge in [0.25, 0.3) is 57.6 Å². The third-order valence-corrected chi connectivity index (χ3v) is 15.6. The van der Waals surface area contributed by atoms with E-state index >= 15 is 0 Å². The van der Waals surface area contributed by atoms with Gasteiger partial charge < -0.3 is 48.9 Å². The molecule has 0 aliphatic heterocycles. The van der Waals surface area contributed by atoms with Crippen LogP contribution in [-0.4, -0.2) is 125 Å². The lowest BCUT2D eigenvalue weighted by atomic mass is 10.1. The molecule has 0 amide bonds. The Morgan fingerprint density at radius 2 is 0.462 bits per heavy atom. The first-order valence-electron chi connectivity index (χ1n) is 30.3. The number of nitriles is 12. The molecule has 0 N–H and O–H groups in total. The van der Waals surface area contributed by atoms with Crippen LogP contribution in [0.3, 0.4) is 0 Å². The highest BCUT2D eigenvalue weighted by Crippen LogP contribution is 2.41. The number of hydrogen-bond donors (Lipinski definition) is 0. The number of fused-ring (bicyclic) bond motifs is 24. The highest BCUT2D eigenvalue weighted by molar-refractivity contribution is 6.22. The molecular weight excluding hydrogens is 1510 g/mol. The zero-order chi connectivity index (χ0) is 83.5. The second-order valence-electron chi connectivity index (χ2n) is 21.7. The average molecular weight is 1510 g/mol. The molecule has 0 atom stereocenters. The summed E-state index contributed by atoms with van der Waals surface area (Å²) >= 11 is 0. The Balaban J connectivity index is 0.000000136. The van der Waals surface area contributed by atoms with E-state index in [-0.39, 0.29) is 236 Å². The van der Waals surface area contributed by atoms with Crippen molar-refractivity contribution in [3.63, 3.8) is 0 Å². The number of hydrogen-bond acceptors (Lipinski definition) is 38. The first kappa shape index (κ1) is 73.4. The number of aromatic nitrogens is 24. The minimum absolute atomic E-state index is 0.00560. The summed E-state index contributed by atoms with van der Waals surface area (Å²) in [6.07, 6.45) is 1.22. The van der Waals surface area contributed by atoms with Gasteiger partial charge >= 0.3 is 5.82 Å². The van der Waals surface area contributed by atoms with Crippen LogP contribution >= 0.6 is 0 Å². The van der Waals surface area contributed by atoms with Gasteiger partial charge in [-0.25, -0.2) is 74.8 Å². The van der Waals surface area contributed by atoms with Gasteiger partial charge in [0.2, 0.25) is 50.3 Å². The normalized spacial score (nSPS) is 10.0. The van der Waals surface area contributed by atoms with E-state index in [0.717, 1.165) is 0 Å². The molecule has 0 spiro atoms. The lowest BCUT2D eigenvalue weighted by Crippen LogP contribution is -2.04. The molecule has 0 saturated carbocycles. The molecule has 12 heterocycles. The zero-order valence-electron chi connectivity index (χ0n) is 56.4. The molecule has 16 rings (SSSR count). The minimum Gasteiger partial charge on any atom is -0.370 e. The highest BCUT2D eigenvalue weighted by atomic mass is 19.1. The average Bonchev–Trinajstić information content (AvgIpc) is 0.744. The van der Waals surface area contributed by atoms with Gasteiger partial charge in [-0.05, 0) is 16.8 Å². The predicted octanol–water partition coefficient (Wildman–Crippen LogP) is 9.29. The maximum atomic E-state index is 14.2. The fourth-order valence-electron chi connectivity index (χ4n) is 10.8. The molecule has 4 aromatic carbocycles. The number of benzene rings is 4. The largest absolute Gasteiger partial charge is 0.401 e. The van der Waals surface area contributed by atoms with E-state index in [1.807, 2.05) is 12.1 Å². The van der Waals surface area contributed by atoms with Crippen LogP contribution in [0.4, 0.5) is 56.8 Å². The van der Waals surface area contributed by atoms with E-state index in [1.54, 1.807) is 67.6 Å². The summed E-state index contributed by atoms with van der Waals surface area (Å²) in [6.45, 7) is 59.3. The van der Waals surface area contributed by atoms with Crippen molar-refractivity contribution in [2.45, 2.75) is 6.92 Å². The Bertz CT molecular complexity index is 8070. The van der Waals surface area contributed by atoms with Gasteiger partial charge in [-0.3, -0.25) is 0 Å². The van der Waals surface area contributed by atoms with Crippen molar-refractivity contribution in [1.29, 1.82) is 63.1 Å². The van der Waals surface area contributed by atoms with Crippen molar-refractivity contribution in [3.8, 4) is 72.8 Å².